The molecule has 2 amide bonds. The Bertz CT molecular complexity index is 1580. The summed E-state index contributed by atoms with van der Waals surface area (Å²) < 4.78 is 11.6. The molecular formula is C43H66N4O8S. The van der Waals surface area contributed by atoms with Crippen molar-refractivity contribution >= 4 is 40.9 Å². The summed E-state index contributed by atoms with van der Waals surface area (Å²) in [5.74, 6) is -2.03. The number of benzene rings is 1. The number of aromatic hydroxyl groups is 1. The van der Waals surface area contributed by atoms with E-state index in [1.165, 1.54) is 18.3 Å². The molecule has 6 atom stereocenters. The Labute approximate surface area is 338 Å². The third-order valence-corrected chi connectivity index (χ3v) is 11.7. The number of piperidine rings is 1. The number of hydrogen-bond acceptors (Lipinski definition) is 11. The lowest BCUT2D eigenvalue weighted by Crippen LogP contribution is -2.50. The Morgan fingerprint density at radius 1 is 1.04 bits per heavy atom. The number of aromatic nitrogens is 1. The number of likely N-dealkylation sites (tertiary alicyclic amines) is 1. The molecule has 1 unspecified atom stereocenters. The van der Waals surface area contributed by atoms with E-state index in [-0.39, 0.29) is 79.0 Å². The van der Waals surface area contributed by atoms with Crippen LogP contribution in [0.3, 0.4) is 0 Å². The standard InChI is InChI=1S/C43H66N4O8S/c1-10-14-40(51)54-26-47(43(53)34(29(7)11-2)23-38(50)36-15-12-13-20-46(36)9)37(28(5)6)24-39(55-30(8)48)42-45-35(25-56-42)41(52)44-32(21-27(3)4)22-31-16-18-33(49)19-17-31/h16-19,25,27-29,32,34,36-37,39,49H,10-15,20-24,26H2,1-9H3,(H,44,52)/t29?,32-,34+,36-,37-,39+/m1/s1. The SMILES string of the molecule is CCCC(=O)OCN(C(=O)[C@@H](CC(=O)[C@H]1CCCCN1C)C(C)CC)[C@H](C[C@H](OC(C)=O)c1nc(C(=O)N[C@@H](Cc2ccc(O)cc2)CC(C)C)cs1)C(C)C. The molecule has 2 heterocycles. The maximum atomic E-state index is 14.8. The van der Waals surface area contributed by atoms with Crippen LogP contribution in [-0.4, -0.2) is 87.9 Å². The third-order valence-electron chi connectivity index (χ3n) is 10.8. The Morgan fingerprint density at radius 3 is 2.32 bits per heavy atom. The Hall–Kier alpha value is -3.84. The summed E-state index contributed by atoms with van der Waals surface area (Å²) in [6.45, 7) is 15.8. The van der Waals surface area contributed by atoms with Crippen LogP contribution in [0.1, 0.15) is 140 Å². The fourth-order valence-corrected chi connectivity index (χ4v) is 8.30. The van der Waals surface area contributed by atoms with Crippen molar-refractivity contribution in [2.24, 2.45) is 23.7 Å². The van der Waals surface area contributed by atoms with Gasteiger partial charge in [0.15, 0.2) is 18.6 Å². The molecule has 1 aromatic heterocycles. The van der Waals surface area contributed by atoms with Gasteiger partial charge in [0.1, 0.15) is 16.5 Å². The molecule has 1 aromatic carbocycles. The molecule has 0 aliphatic carbocycles. The smallest absolute Gasteiger partial charge is 0.307 e. The number of likely N-dealkylation sites (N-methyl/N-ethyl adjacent to an activating group) is 1. The van der Waals surface area contributed by atoms with Crippen molar-refractivity contribution in [3.05, 3.63) is 45.9 Å². The van der Waals surface area contributed by atoms with Gasteiger partial charge in [0.2, 0.25) is 5.91 Å². The first kappa shape index (κ1) is 46.5. The minimum absolute atomic E-state index is 0.0416. The number of Topliss-reactive ketones (excluding diaryl/α,β-unsaturated/α-hetero) is 1. The Balaban J connectivity index is 1.93. The molecule has 2 N–H and O–H groups in total. The minimum Gasteiger partial charge on any atom is -0.508 e. The molecule has 312 valence electrons. The summed E-state index contributed by atoms with van der Waals surface area (Å²) in [5.41, 5.74) is 1.16. The molecule has 0 radical (unpaired) electrons. The van der Waals surface area contributed by atoms with Crippen molar-refractivity contribution in [1.29, 1.82) is 0 Å². The number of amides is 2. The van der Waals surface area contributed by atoms with Gasteiger partial charge in [0, 0.05) is 49.6 Å². The van der Waals surface area contributed by atoms with Crippen LogP contribution in [0, 0.1) is 23.7 Å². The zero-order chi connectivity index (χ0) is 41.5. The number of nitrogens with zero attached hydrogens (tertiary/aromatic N) is 3. The van der Waals surface area contributed by atoms with Gasteiger partial charge in [-0.3, -0.25) is 28.9 Å². The number of ether oxygens (including phenoxy) is 2. The summed E-state index contributed by atoms with van der Waals surface area (Å²) in [7, 11) is 1.96. The number of rotatable bonds is 22. The second kappa shape index (κ2) is 22.8. The summed E-state index contributed by atoms with van der Waals surface area (Å²) in [4.78, 5) is 75.8. The highest BCUT2D eigenvalue weighted by Crippen LogP contribution is 2.34. The average molecular weight is 799 g/mol. The molecule has 12 nitrogen and oxygen atoms in total. The number of phenolic OH excluding ortho intramolecular Hbond substituents is 1. The van der Waals surface area contributed by atoms with Crippen molar-refractivity contribution in [3.63, 3.8) is 0 Å². The number of ketones is 1. The average Bonchev–Trinajstić information content (AvgIpc) is 3.64. The van der Waals surface area contributed by atoms with Crippen LogP contribution < -0.4 is 5.32 Å². The van der Waals surface area contributed by atoms with Crippen LogP contribution in [0.4, 0.5) is 0 Å². The van der Waals surface area contributed by atoms with E-state index in [0.717, 1.165) is 37.8 Å². The topological polar surface area (TPSA) is 155 Å². The van der Waals surface area contributed by atoms with Gasteiger partial charge in [-0.25, -0.2) is 4.98 Å². The quantitative estimate of drug-likeness (QED) is 0.0905. The molecule has 3 rings (SSSR count). The van der Waals surface area contributed by atoms with E-state index in [2.05, 4.69) is 29.0 Å². The van der Waals surface area contributed by atoms with E-state index in [1.807, 2.05) is 53.8 Å². The molecule has 0 spiro atoms. The number of nitrogens with one attached hydrogen (secondary N) is 1. The fourth-order valence-electron chi connectivity index (χ4n) is 7.46. The molecule has 1 aliphatic rings. The van der Waals surface area contributed by atoms with Crippen LogP contribution in [0.15, 0.2) is 29.6 Å². The number of esters is 2. The molecule has 1 fully saturated rings. The molecule has 13 heteroatoms. The van der Waals surface area contributed by atoms with E-state index in [1.54, 1.807) is 22.4 Å². The first-order valence-electron chi connectivity index (χ1n) is 20.4. The number of carbonyl (C=O) groups is 5. The van der Waals surface area contributed by atoms with E-state index >= 15 is 0 Å². The fraction of sp³-hybridized carbons (Fsp3) is 0.674. The molecular weight excluding hydrogens is 733 g/mol. The van der Waals surface area contributed by atoms with Crippen molar-refractivity contribution < 1.29 is 38.6 Å². The first-order chi connectivity index (χ1) is 26.5. The van der Waals surface area contributed by atoms with Gasteiger partial charge in [-0.15, -0.1) is 11.3 Å². The van der Waals surface area contributed by atoms with E-state index < -0.39 is 30.0 Å². The molecule has 1 aliphatic heterocycles. The van der Waals surface area contributed by atoms with Gasteiger partial charge < -0.3 is 24.8 Å². The maximum absolute atomic E-state index is 14.8. The number of phenols is 1. The van der Waals surface area contributed by atoms with E-state index in [0.29, 0.717) is 30.2 Å². The van der Waals surface area contributed by atoms with Gasteiger partial charge >= 0.3 is 11.9 Å². The molecule has 0 saturated carbocycles. The first-order valence-corrected chi connectivity index (χ1v) is 21.3. The molecule has 56 heavy (non-hydrogen) atoms. The lowest BCUT2D eigenvalue weighted by molar-refractivity contribution is -0.161. The zero-order valence-corrected chi connectivity index (χ0v) is 35.9. The molecule has 1 saturated heterocycles. The van der Waals surface area contributed by atoms with Crippen LogP contribution >= 0.6 is 11.3 Å². The normalized spacial score (nSPS) is 17.4. The number of hydrogen-bond donors (Lipinski definition) is 2. The van der Waals surface area contributed by atoms with Crippen molar-refractivity contribution in [2.45, 2.75) is 144 Å². The van der Waals surface area contributed by atoms with E-state index in [9.17, 15) is 29.1 Å². The van der Waals surface area contributed by atoms with Crippen LogP contribution in [-0.2, 0) is 35.1 Å². The van der Waals surface area contributed by atoms with Gasteiger partial charge in [-0.2, -0.15) is 0 Å². The number of carbonyl (C=O) groups excluding carboxylic acids is 5. The van der Waals surface area contributed by atoms with E-state index in [4.69, 9.17) is 9.47 Å². The largest absolute Gasteiger partial charge is 0.508 e. The summed E-state index contributed by atoms with van der Waals surface area (Å²) >= 11 is 1.20. The Kier molecular flexibility index (Phi) is 18.9. The van der Waals surface area contributed by atoms with Gasteiger partial charge in [0.25, 0.3) is 5.91 Å². The lowest BCUT2D eigenvalue weighted by atomic mass is 9.82. The highest BCUT2D eigenvalue weighted by atomic mass is 32.1. The molecule has 0 bridgehead atoms. The van der Waals surface area contributed by atoms with Gasteiger partial charge in [-0.05, 0) is 81.1 Å². The second-order valence-electron chi connectivity index (χ2n) is 16.2. The third kappa shape index (κ3) is 14.3. The number of thiazole rings is 1. The van der Waals surface area contributed by atoms with Gasteiger partial charge in [0.05, 0.1) is 6.04 Å². The van der Waals surface area contributed by atoms with Crippen molar-refractivity contribution in [1.82, 2.24) is 20.1 Å². The maximum Gasteiger partial charge on any atom is 0.307 e. The van der Waals surface area contributed by atoms with Crippen molar-refractivity contribution in [2.75, 3.05) is 20.3 Å². The van der Waals surface area contributed by atoms with Crippen LogP contribution in [0.25, 0.3) is 0 Å². The highest BCUT2D eigenvalue weighted by molar-refractivity contribution is 7.09. The molecule has 2 aromatic rings. The van der Waals surface area contributed by atoms with Crippen molar-refractivity contribution in [3.8, 4) is 5.75 Å². The Morgan fingerprint density at radius 2 is 1.73 bits per heavy atom. The second-order valence-corrected chi connectivity index (χ2v) is 17.1. The predicted molar refractivity (Wildman–Crippen MR) is 218 cm³/mol. The monoisotopic (exact) mass is 798 g/mol. The zero-order valence-electron chi connectivity index (χ0n) is 35.0. The van der Waals surface area contributed by atoms with Crippen LogP contribution in [0.5, 0.6) is 5.75 Å². The van der Waals surface area contributed by atoms with Crippen LogP contribution in [0.2, 0.25) is 0 Å². The highest BCUT2D eigenvalue weighted by Gasteiger charge is 2.39. The summed E-state index contributed by atoms with van der Waals surface area (Å²) in [6, 6.07) is 5.91. The lowest BCUT2D eigenvalue weighted by Gasteiger charge is -2.39. The minimum atomic E-state index is -0.906. The van der Waals surface area contributed by atoms with Gasteiger partial charge in [-0.1, -0.05) is 73.4 Å². The summed E-state index contributed by atoms with van der Waals surface area (Å²) in [5, 5.41) is 14.9. The summed E-state index contributed by atoms with van der Waals surface area (Å²) in [6.07, 6.45) is 4.82. The predicted octanol–water partition coefficient (Wildman–Crippen LogP) is 7.49.